The summed E-state index contributed by atoms with van der Waals surface area (Å²) in [5.41, 5.74) is 1.20. The molecule has 4 rings (SSSR count). The van der Waals surface area contributed by atoms with Gasteiger partial charge in [-0.1, -0.05) is 58.8 Å². The van der Waals surface area contributed by atoms with E-state index in [-0.39, 0.29) is 16.1 Å². The molecule has 158 valence electrons. The summed E-state index contributed by atoms with van der Waals surface area (Å²) in [7, 11) is -2.02. The van der Waals surface area contributed by atoms with Gasteiger partial charge in [0.2, 0.25) is 0 Å². The summed E-state index contributed by atoms with van der Waals surface area (Å²) in [5.74, 6) is -0.509. The van der Waals surface area contributed by atoms with Crippen LogP contribution in [0.3, 0.4) is 0 Å². The number of thiazole rings is 1. The molecule has 1 N–H and O–H groups in total. The topological polar surface area (TPSA) is 80.5 Å². The predicted octanol–water partition coefficient (Wildman–Crippen LogP) is 5.09. The first-order valence-corrected chi connectivity index (χ1v) is 12.0. The molecule has 1 heterocycles. The highest BCUT2D eigenvalue weighted by molar-refractivity contribution is 7.92. The number of hydrogen-bond donors (Lipinski definition) is 1. The van der Waals surface area contributed by atoms with Gasteiger partial charge in [0.25, 0.3) is 15.9 Å². The number of nitrogens with one attached hydrogen (secondary N) is 1. The highest BCUT2D eigenvalue weighted by atomic mass is 35.5. The van der Waals surface area contributed by atoms with Gasteiger partial charge in [-0.15, -0.1) is 0 Å². The number of sulfonamides is 1. The second kappa shape index (κ2) is 8.47. The van der Waals surface area contributed by atoms with Crippen molar-refractivity contribution < 1.29 is 13.2 Å². The highest BCUT2D eigenvalue weighted by Crippen LogP contribution is 2.31. The molecule has 6 nitrogen and oxygen atoms in total. The van der Waals surface area contributed by atoms with Crippen LogP contribution in [0.4, 0.5) is 5.69 Å². The smallest absolute Gasteiger partial charge is 0.279 e. The van der Waals surface area contributed by atoms with Crippen molar-refractivity contribution in [2.75, 3.05) is 4.72 Å². The van der Waals surface area contributed by atoms with Gasteiger partial charge < -0.3 is 4.57 Å². The molecular formula is C21H15Cl2N3O3S2. The Morgan fingerprint density at radius 1 is 1.03 bits per heavy atom. The molecule has 0 fully saturated rings. The van der Waals surface area contributed by atoms with Gasteiger partial charge in [-0.05, 0) is 42.5 Å². The maximum atomic E-state index is 12.8. The van der Waals surface area contributed by atoms with Crippen LogP contribution in [-0.4, -0.2) is 18.9 Å². The van der Waals surface area contributed by atoms with E-state index in [2.05, 4.69) is 9.71 Å². The van der Waals surface area contributed by atoms with Gasteiger partial charge in [-0.25, -0.2) is 8.42 Å². The van der Waals surface area contributed by atoms with Crippen molar-refractivity contribution in [2.24, 2.45) is 12.0 Å². The summed E-state index contributed by atoms with van der Waals surface area (Å²) in [5, 5.41) is 0.808. The molecule has 31 heavy (non-hydrogen) atoms. The number of nitrogens with zero attached hydrogens (tertiary/aromatic N) is 2. The zero-order valence-electron chi connectivity index (χ0n) is 16.0. The molecule has 1 amide bonds. The van der Waals surface area contributed by atoms with Gasteiger partial charge >= 0.3 is 0 Å². The average molecular weight is 492 g/mol. The number of amides is 1. The van der Waals surface area contributed by atoms with E-state index in [1.807, 2.05) is 6.07 Å². The van der Waals surface area contributed by atoms with E-state index in [1.54, 1.807) is 54.1 Å². The van der Waals surface area contributed by atoms with Crippen LogP contribution in [0, 0.1) is 0 Å². The number of fused-ring (bicyclic) bond motifs is 1. The van der Waals surface area contributed by atoms with E-state index in [1.165, 1.54) is 29.5 Å². The molecule has 0 aliphatic rings. The molecule has 4 aromatic rings. The molecule has 10 heteroatoms. The SMILES string of the molecule is Cn1c(=NC(=O)c2cccc(NS(=O)(=O)c3ccccc3)c2)sc2ccc(Cl)c(Cl)c21. The third kappa shape index (κ3) is 4.38. The van der Waals surface area contributed by atoms with Gasteiger partial charge in [0.05, 0.1) is 25.2 Å². The van der Waals surface area contributed by atoms with Gasteiger partial charge in [-0.3, -0.25) is 9.52 Å². The normalized spacial score (nSPS) is 12.3. The summed E-state index contributed by atoms with van der Waals surface area (Å²) < 4.78 is 30.1. The number of carbonyl (C=O) groups excluding carboxylic acids is 1. The molecule has 1 aromatic heterocycles. The van der Waals surface area contributed by atoms with E-state index in [9.17, 15) is 13.2 Å². The monoisotopic (exact) mass is 491 g/mol. The predicted molar refractivity (Wildman–Crippen MR) is 124 cm³/mol. The number of aromatic nitrogens is 1. The second-order valence-corrected chi connectivity index (χ2v) is 10.0. The van der Waals surface area contributed by atoms with Crippen LogP contribution in [0.25, 0.3) is 10.2 Å². The molecular weight excluding hydrogens is 477 g/mol. The molecule has 0 bridgehead atoms. The van der Waals surface area contributed by atoms with E-state index >= 15 is 0 Å². The van der Waals surface area contributed by atoms with E-state index < -0.39 is 15.9 Å². The molecule has 3 aromatic carbocycles. The fraction of sp³-hybridized carbons (Fsp3) is 0.0476. The van der Waals surface area contributed by atoms with Crippen LogP contribution in [0.5, 0.6) is 0 Å². The largest absolute Gasteiger partial charge is 0.318 e. The Kier molecular flexibility index (Phi) is 5.90. The molecule has 0 unspecified atom stereocenters. The van der Waals surface area contributed by atoms with Crippen molar-refractivity contribution in [3.63, 3.8) is 0 Å². The van der Waals surface area contributed by atoms with Crippen molar-refractivity contribution in [1.29, 1.82) is 0 Å². The van der Waals surface area contributed by atoms with Crippen LogP contribution >= 0.6 is 34.5 Å². The van der Waals surface area contributed by atoms with Gasteiger partial charge in [0, 0.05) is 18.3 Å². The first-order chi connectivity index (χ1) is 14.8. The summed E-state index contributed by atoms with van der Waals surface area (Å²) >= 11 is 13.7. The van der Waals surface area contributed by atoms with Crippen LogP contribution in [0.2, 0.25) is 10.0 Å². The average Bonchev–Trinajstić information content (AvgIpc) is 3.07. The summed E-state index contributed by atoms with van der Waals surface area (Å²) in [6.45, 7) is 0. The molecule has 0 aliphatic heterocycles. The Bertz CT molecular complexity index is 1480. The van der Waals surface area contributed by atoms with Crippen LogP contribution in [-0.2, 0) is 17.1 Å². The second-order valence-electron chi connectivity index (χ2n) is 6.57. The molecule has 0 atom stereocenters. The lowest BCUT2D eigenvalue weighted by Crippen LogP contribution is -2.14. The van der Waals surface area contributed by atoms with E-state index in [0.29, 0.717) is 20.4 Å². The van der Waals surface area contributed by atoms with Crippen molar-refractivity contribution in [1.82, 2.24) is 4.57 Å². The number of carbonyl (C=O) groups is 1. The fourth-order valence-corrected chi connectivity index (χ4v) is 5.55. The van der Waals surface area contributed by atoms with Crippen LogP contribution < -0.4 is 9.52 Å². The van der Waals surface area contributed by atoms with Gasteiger partial charge in [0.15, 0.2) is 4.80 Å². The third-order valence-electron chi connectivity index (χ3n) is 4.47. The summed E-state index contributed by atoms with van der Waals surface area (Å²) in [6, 6.07) is 17.7. The molecule has 0 spiro atoms. The molecule has 0 saturated heterocycles. The number of rotatable bonds is 4. The minimum atomic E-state index is -3.77. The zero-order valence-corrected chi connectivity index (χ0v) is 19.2. The zero-order chi connectivity index (χ0) is 22.2. The first kappa shape index (κ1) is 21.6. The van der Waals surface area contributed by atoms with Crippen molar-refractivity contribution in [3.05, 3.63) is 87.1 Å². The Morgan fingerprint density at radius 2 is 1.77 bits per heavy atom. The summed E-state index contributed by atoms with van der Waals surface area (Å²) in [4.78, 5) is 17.5. The Labute approximate surface area is 192 Å². The quantitative estimate of drug-likeness (QED) is 0.431. The lowest BCUT2D eigenvalue weighted by atomic mass is 10.2. The van der Waals surface area contributed by atoms with Crippen LogP contribution in [0.15, 0.2) is 76.6 Å². The van der Waals surface area contributed by atoms with Gasteiger partial charge in [-0.2, -0.15) is 4.99 Å². The Hall–Kier alpha value is -2.65. The van der Waals surface area contributed by atoms with Crippen molar-refractivity contribution in [2.45, 2.75) is 4.90 Å². The van der Waals surface area contributed by atoms with Gasteiger partial charge in [0.1, 0.15) is 0 Å². The summed E-state index contributed by atoms with van der Waals surface area (Å²) in [6.07, 6.45) is 0. The van der Waals surface area contributed by atoms with Crippen LogP contribution in [0.1, 0.15) is 10.4 Å². The number of benzene rings is 3. The molecule has 0 aliphatic carbocycles. The number of anilines is 1. The lowest BCUT2D eigenvalue weighted by Gasteiger charge is -2.08. The Balaban J connectivity index is 1.67. The number of aryl methyl sites for hydroxylation is 1. The minimum absolute atomic E-state index is 0.129. The number of halogens is 2. The number of hydrogen-bond acceptors (Lipinski definition) is 4. The van der Waals surface area contributed by atoms with Crippen molar-refractivity contribution >= 4 is 66.4 Å². The highest BCUT2D eigenvalue weighted by Gasteiger charge is 2.15. The third-order valence-corrected chi connectivity index (χ3v) is 7.76. The first-order valence-electron chi connectivity index (χ1n) is 8.97. The van der Waals surface area contributed by atoms with Crippen molar-refractivity contribution in [3.8, 4) is 0 Å². The standard InChI is InChI=1S/C21H15Cl2N3O3S2/c1-26-19-17(11-10-16(22)18(19)23)30-21(26)24-20(27)13-6-5-7-14(12-13)25-31(28,29)15-8-3-2-4-9-15/h2-12,25H,1H3. The molecule has 0 saturated carbocycles. The fourth-order valence-electron chi connectivity index (χ4n) is 2.96. The van der Waals surface area contributed by atoms with E-state index in [4.69, 9.17) is 23.2 Å². The lowest BCUT2D eigenvalue weighted by molar-refractivity contribution is 0.0998. The molecule has 0 radical (unpaired) electrons. The minimum Gasteiger partial charge on any atom is -0.318 e. The maximum Gasteiger partial charge on any atom is 0.279 e. The maximum absolute atomic E-state index is 12.8. The van der Waals surface area contributed by atoms with E-state index in [0.717, 1.165) is 4.70 Å². The Morgan fingerprint density at radius 3 is 2.52 bits per heavy atom.